The predicted molar refractivity (Wildman–Crippen MR) is 70.1 cm³/mol. The minimum absolute atomic E-state index is 0.0108. The highest BCUT2D eigenvalue weighted by atomic mass is 79.9. The smallest absolute Gasteiger partial charge is 0.255 e. The van der Waals surface area contributed by atoms with Gasteiger partial charge in [-0.3, -0.25) is 4.79 Å². The van der Waals surface area contributed by atoms with Crippen molar-refractivity contribution in [2.45, 2.75) is 18.7 Å². The molecule has 0 atom stereocenters. The third kappa shape index (κ3) is 3.04. The molecule has 0 radical (unpaired) electrons. The van der Waals surface area contributed by atoms with Crippen LogP contribution in [-0.2, 0) is 5.88 Å². The maximum absolute atomic E-state index is 11.7. The summed E-state index contributed by atoms with van der Waals surface area (Å²) in [6.45, 7) is 0.727. The Labute approximate surface area is 107 Å². The first-order chi connectivity index (χ1) is 7.70. The Kier molecular flexibility index (Phi) is 3.97. The number of halogens is 1. The first-order valence-corrected chi connectivity index (χ1v) is 7.41. The molecule has 1 saturated carbocycles. The van der Waals surface area contributed by atoms with Gasteiger partial charge < -0.3 is 9.30 Å². The predicted octanol–water partition coefficient (Wildman–Crippen LogP) is 2.72. The van der Waals surface area contributed by atoms with Gasteiger partial charge in [0.25, 0.3) is 5.56 Å². The van der Waals surface area contributed by atoms with Crippen LogP contribution in [0.15, 0.2) is 21.5 Å². The molecule has 1 aromatic rings. The lowest BCUT2D eigenvalue weighted by atomic mass is 10.4. The molecule has 0 aliphatic heterocycles. The molecule has 1 aliphatic carbocycles. The van der Waals surface area contributed by atoms with Crippen LogP contribution in [0.5, 0.6) is 5.75 Å². The second-order valence-corrected chi connectivity index (χ2v) is 5.66. The van der Waals surface area contributed by atoms with E-state index in [1.807, 2.05) is 6.26 Å². The number of rotatable bonds is 5. The summed E-state index contributed by atoms with van der Waals surface area (Å²) in [5.74, 6) is 2.02. The zero-order valence-corrected chi connectivity index (χ0v) is 11.5. The molecule has 0 spiro atoms. The number of nitrogens with zero attached hydrogens (tertiary/aromatic N) is 1. The van der Waals surface area contributed by atoms with Crippen LogP contribution in [-0.4, -0.2) is 17.4 Å². The molecule has 1 aliphatic rings. The lowest BCUT2D eigenvalue weighted by molar-refractivity contribution is 0.297. The van der Waals surface area contributed by atoms with Crippen molar-refractivity contribution in [1.82, 2.24) is 4.57 Å². The molecule has 0 amide bonds. The molecular weight excluding hydrogens is 290 g/mol. The van der Waals surface area contributed by atoms with Crippen LogP contribution in [0, 0.1) is 5.92 Å². The fourth-order valence-electron chi connectivity index (χ4n) is 1.37. The van der Waals surface area contributed by atoms with Gasteiger partial charge in [-0.05, 0) is 40.9 Å². The number of ether oxygens (including phenoxy) is 1. The maximum atomic E-state index is 11.7. The molecule has 0 saturated heterocycles. The van der Waals surface area contributed by atoms with Gasteiger partial charge >= 0.3 is 0 Å². The van der Waals surface area contributed by atoms with Crippen LogP contribution in [0.3, 0.4) is 0 Å². The molecule has 0 unspecified atom stereocenters. The number of pyridine rings is 1. The third-order valence-corrected chi connectivity index (χ3v) is 3.61. The molecule has 0 aromatic carbocycles. The minimum atomic E-state index is -0.0108. The van der Waals surface area contributed by atoms with Crippen LogP contribution < -0.4 is 10.3 Å². The molecule has 0 N–H and O–H groups in total. The highest BCUT2D eigenvalue weighted by Gasteiger charge is 2.22. The van der Waals surface area contributed by atoms with E-state index in [4.69, 9.17) is 4.74 Å². The average molecular weight is 304 g/mol. The zero-order chi connectivity index (χ0) is 11.5. The Hall–Kier alpha value is -0.420. The van der Waals surface area contributed by atoms with Gasteiger partial charge in [-0.1, -0.05) is 0 Å². The molecule has 1 heterocycles. The number of hydrogen-bond donors (Lipinski definition) is 0. The van der Waals surface area contributed by atoms with Crippen molar-refractivity contribution in [3.63, 3.8) is 0 Å². The van der Waals surface area contributed by atoms with Crippen molar-refractivity contribution in [3.8, 4) is 5.75 Å². The van der Waals surface area contributed by atoms with E-state index in [1.54, 1.807) is 28.6 Å². The van der Waals surface area contributed by atoms with Crippen molar-refractivity contribution < 1.29 is 4.74 Å². The molecular formula is C11H14BrNO2S. The second kappa shape index (κ2) is 5.27. The van der Waals surface area contributed by atoms with Crippen molar-refractivity contribution in [2.24, 2.45) is 5.92 Å². The zero-order valence-electron chi connectivity index (χ0n) is 9.11. The SMILES string of the molecule is CSCn1cc(Br)c(OCC2CC2)cc1=O. The fraction of sp³-hybridized carbons (Fsp3) is 0.545. The molecule has 0 bridgehead atoms. The lowest BCUT2D eigenvalue weighted by Crippen LogP contribution is -2.18. The number of aromatic nitrogens is 1. The molecule has 1 fully saturated rings. The van der Waals surface area contributed by atoms with E-state index in [9.17, 15) is 4.79 Å². The number of hydrogen-bond acceptors (Lipinski definition) is 3. The van der Waals surface area contributed by atoms with Gasteiger partial charge in [-0.2, -0.15) is 0 Å². The Morgan fingerprint density at radius 3 is 3.00 bits per heavy atom. The molecule has 1 aromatic heterocycles. The monoisotopic (exact) mass is 303 g/mol. The molecule has 5 heteroatoms. The van der Waals surface area contributed by atoms with E-state index in [2.05, 4.69) is 15.9 Å². The van der Waals surface area contributed by atoms with Gasteiger partial charge in [0.1, 0.15) is 5.75 Å². The molecule has 3 nitrogen and oxygen atoms in total. The van der Waals surface area contributed by atoms with E-state index < -0.39 is 0 Å². The summed E-state index contributed by atoms with van der Waals surface area (Å²) in [5, 5.41) is 0. The van der Waals surface area contributed by atoms with Gasteiger partial charge in [0.2, 0.25) is 0 Å². The average Bonchev–Trinajstić information content (AvgIpc) is 3.05. The Morgan fingerprint density at radius 1 is 1.62 bits per heavy atom. The maximum Gasteiger partial charge on any atom is 0.255 e. The summed E-state index contributed by atoms with van der Waals surface area (Å²) in [5.41, 5.74) is -0.0108. The van der Waals surface area contributed by atoms with Crippen LogP contribution in [0.2, 0.25) is 0 Å². The summed E-state index contributed by atoms with van der Waals surface area (Å²) in [6, 6.07) is 1.56. The van der Waals surface area contributed by atoms with Crippen LogP contribution in [0.4, 0.5) is 0 Å². The van der Waals surface area contributed by atoms with Crippen LogP contribution in [0.25, 0.3) is 0 Å². The van der Waals surface area contributed by atoms with E-state index in [0.29, 0.717) is 17.5 Å². The second-order valence-electron chi connectivity index (χ2n) is 3.97. The summed E-state index contributed by atoms with van der Waals surface area (Å²) in [6.07, 6.45) is 6.27. The van der Waals surface area contributed by atoms with Crippen molar-refractivity contribution in [2.75, 3.05) is 12.9 Å². The quantitative estimate of drug-likeness (QED) is 0.838. The molecule has 2 rings (SSSR count). The lowest BCUT2D eigenvalue weighted by Gasteiger charge is -2.09. The van der Waals surface area contributed by atoms with Gasteiger partial charge in [0.05, 0.1) is 17.0 Å². The van der Waals surface area contributed by atoms with Crippen LogP contribution >= 0.6 is 27.7 Å². The van der Waals surface area contributed by atoms with Crippen molar-refractivity contribution in [1.29, 1.82) is 0 Å². The summed E-state index contributed by atoms with van der Waals surface area (Å²) in [4.78, 5) is 11.7. The van der Waals surface area contributed by atoms with Crippen molar-refractivity contribution in [3.05, 3.63) is 27.1 Å². The topological polar surface area (TPSA) is 31.2 Å². The van der Waals surface area contributed by atoms with Crippen LogP contribution in [0.1, 0.15) is 12.8 Å². The van der Waals surface area contributed by atoms with E-state index in [-0.39, 0.29) is 5.56 Å². The molecule has 16 heavy (non-hydrogen) atoms. The van der Waals surface area contributed by atoms with Crippen molar-refractivity contribution >= 4 is 27.7 Å². The highest BCUT2D eigenvalue weighted by Crippen LogP contribution is 2.31. The van der Waals surface area contributed by atoms with Gasteiger partial charge in [0.15, 0.2) is 0 Å². The summed E-state index contributed by atoms with van der Waals surface area (Å²) in [7, 11) is 0. The number of thioether (sulfide) groups is 1. The molecule has 88 valence electrons. The van der Waals surface area contributed by atoms with E-state index in [0.717, 1.165) is 11.1 Å². The van der Waals surface area contributed by atoms with E-state index in [1.165, 1.54) is 12.8 Å². The summed E-state index contributed by atoms with van der Waals surface area (Å²) >= 11 is 5.04. The largest absolute Gasteiger partial charge is 0.492 e. The van der Waals surface area contributed by atoms with Gasteiger partial charge in [-0.15, -0.1) is 11.8 Å². The highest BCUT2D eigenvalue weighted by molar-refractivity contribution is 9.10. The van der Waals surface area contributed by atoms with Gasteiger partial charge in [0, 0.05) is 12.3 Å². The first-order valence-electron chi connectivity index (χ1n) is 5.22. The summed E-state index contributed by atoms with van der Waals surface area (Å²) < 4.78 is 8.12. The Balaban J connectivity index is 2.12. The van der Waals surface area contributed by atoms with E-state index >= 15 is 0 Å². The Bertz CT molecular complexity index is 428. The Morgan fingerprint density at radius 2 is 2.38 bits per heavy atom. The fourth-order valence-corrected chi connectivity index (χ4v) is 2.33. The minimum Gasteiger partial charge on any atom is -0.492 e. The van der Waals surface area contributed by atoms with Gasteiger partial charge in [-0.25, -0.2) is 0 Å². The first kappa shape index (κ1) is 12.0. The standard InChI is InChI=1S/C11H14BrNO2S/c1-16-7-13-5-9(12)10(4-11(13)14)15-6-8-2-3-8/h4-5,8H,2-3,6-7H2,1H3. The third-order valence-electron chi connectivity index (χ3n) is 2.48. The normalized spacial score (nSPS) is 15.1.